The van der Waals surface area contributed by atoms with Gasteiger partial charge in [-0.05, 0) is 64.2 Å². The number of hydrogen-bond donors (Lipinski definition) is 3. The number of carbonyl (C=O) groups excluding carboxylic acids is 2. The van der Waals surface area contributed by atoms with Gasteiger partial charge >= 0.3 is 12.1 Å². The molecule has 0 bridgehead atoms. The van der Waals surface area contributed by atoms with Crippen LogP contribution in [-0.4, -0.2) is 53.1 Å². The maximum atomic E-state index is 12.7. The molecule has 3 N–H and O–H groups in total. The molecule has 9 nitrogen and oxygen atoms in total. The van der Waals surface area contributed by atoms with Gasteiger partial charge in [0.05, 0.1) is 23.9 Å². The molecule has 208 valence electrons. The van der Waals surface area contributed by atoms with Crippen LogP contribution in [-0.2, 0) is 30.3 Å². The Balaban J connectivity index is 1.25. The van der Waals surface area contributed by atoms with Crippen molar-refractivity contribution >= 4 is 23.7 Å². The second-order valence-corrected chi connectivity index (χ2v) is 11.3. The predicted octanol–water partition coefficient (Wildman–Crippen LogP) is 4.80. The molecule has 1 aromatic rings. The van der Waals surface area contributed by atoms with Crippen LogP contribution in [0.1, 0.15) is 71.8 Å². The second kappa shape index (κ2) is 11.5. The van der Waals surface area contributed by atoms with Gasteiger partial charge in [-0.1, -0.05) is 30.7 Å². The van der Waals surface area contributed by atoms with Crippen LogP contribution in [0, 0.1) is 11.8 Å². The van der Waals surface area contributed by atoms with Gasteiger partial charge in [0.2, 0.25) is 5.91 Å². The Labute approximate surface area is 224 Å². The van der Waals surface area contributed by atoms with Crippen molar-refractivity contribution < 1.29 is 33.7 Å². The summed E-state index contributed by atoms with van der Waals surface area (Å²) in [5, 5.41) is 14.3. The van der Waals surface area contributed by atoms with Gasteiger partial charge in [0.25, 0.3) is 0 Å². The van der Waals surface area contributed by atoms with Crippen molar-refractivity contribution in [2.24, 2.45) is 11.8 Å². The molecule has 1 aliphatic carbocycles. The summed E-state index contributed by atoms with van der Waals surface area (Å²) in [6, 6.07) is 7.14. The topological polar surface area (TPSA) is 130 Å². The van der Waals surface area contributed by atoms with Crippen molar-refractivity contribution in [1.82, 2.24) is 5.32 Å². The lowest BCUT2D eigenvalue weighted by Gasteiger charge is -2.42. The van der Waals surface area contributed by atoms with E-state index < -0.39 is 12.1 Å². The number of anilines is 1. The van der Waals surface area contributed by atoms with Crippen molar-refractivity contribution in [2.75, 3.05) is 11.9 Å². The predicted molar refractivity (Wildman–Crippen MR) is 142 cm³/mol. The van der Waals surface area contributed by atoms with Crippen molar-refractivity contribution in [3.05, 3.63) is 41.5 Å². The molecule has 1 saturated carbocycles. The average molecular weight is 529 g/mol. The van der Waals surface area contributed by atoms with E-state index in [0.717, 1.165) is 31.4 Å². The minimum absolute atomic E-state index is 0.0348. The Morgan fingerprint density at radius 3 is 2.53 bits per heavy atom. The zero-order valence-corrected chi connectivity index (χ0v) is 22.7. The molecule has 1 aromatic carbocycles. The van der Waals surface area contributed by atoms with Gasteiger partial charge in [0.15, 0.2) is 0 Å². The fourth-order valence-electron chi connectivity index (χ4n) is 5.98. The van der Waals surface area contributed by atoms with Crippen molar-refractivity contribution in [1.29, 1.82) is 0 Å². The summed E-state index contributed by atoms with van der Waals surface area (Å²) in [5.41, 5.74) is 2.34. The maximum absolute atomic E-state index is 12.7. The number of benzene rings is 1. The minimum Gasteiger partial charge on any atom is -0.481 e. The first kappa shape index (κ1) is 28.1. The number of carboxylic acid groups (broad SMARTS) is 1. The van der Waals surface area contributed by atoms with Gasteiger partial charge in [-0.25, -0.2) is 4.79 Å². The van der Waals surface area contributed by atoms with E-state index in [1.54, 1.807) is 12.1 Å². The molecule has 3 fully saturated rings. The molecule has 2 saturated heterocycles. The van der Waals surface area contributed by atoms with Crippen LogP contribution in [0.2, 0.25) is 0 Å². The van der Waals surface area contributed by atoms with Crippen LogP contribution < -0.4 is 10.6 Å². The van der Waals surface area contributed by atoms with Crippen LogP contribution in [0.5, 0.6) is 0 Å². The molecule has 2 heterocycles. The molecule has 2 amide bonds. The third-order valence-electron chi connectivity index (χ3n) is 8.11. The monoisotopic (exact) mass is 528 g/mol. The highest BCUT2D eigenvalue weighted by Crippen LogP contribution is 2.60. The molecule has 4 rings (SSSR count). The largest absolute Gasteiger partial charge is 0.481 e. The standard InChI is InChI=1S/C29H40N2O7/c1-18(2)8-13-23-28(4,38-23)26-19(3)22(14-15-29(26)17-36-29)37-27(35)30-16-20-9-11-21(12-10-20)31-24(32)6-5-7-25(33)34/h8-12,19,22-23,26H,5-7,13-17H2,1-4H3,(H,30,35)(H,31,32)(H,33,34)/t19-,22-,23?,26-,28+,29+/m1/s1. The van der Waals surface area contributed by atoms with Crippen molar-refractivity contribution in [3.63, 3.8) is 0 Å². The first-order valence-electron chi connectivity index (χ1n) is 13.5. The van der Waals surface area contributed by atoms with E-state index in [-0.39, 0.29) is 54.0 Å². The van der Waals surface area contributed by atoms with Crippen molar-refractivity contribution in [2.45, 2.75) is 96.2 Å². The molecule has 0 radical (unpaired) electrons. The number of carboxylic acids is 1. The van der Waals surface area contributed by atoms with Crippen LogP contribution in [0.15, 0.2) is 35.9 Å². The quantitative estimate of drug-likeness (QED) is 0.278. The number of hydrogen-bond acceptors (Lipinski definition) is 6. The fraction of sp³-hybridized carbons (Fsp3) is 0.621. The zero-order chi connectivity index (χ0) is 27.5. The number of epoxide rings is 2. The van der Waals surface area contributed by atoms with E-state index in [0.29, 0.717) is 18.7 Å². The number of carbonyl (C=O) groups is 3. The number of amides is 2. The van der Waals surface area contributed by atoms with E-state index in [2.05, 4.69) is 44.4 Å². The molecule has 0 aromatic heterocycles. The smallest absolute Gasteiger partial charge is 0.407 e. The Hall–Kier alpha value is -2.91. The van der Waals surface area contributed by atoms with E-state index in [4.69, 9.17) is 19.3 Å². The molecule has 1 unspecified atom stereocenters. The summed E-state index contributed by atoms with van der Waals surface area (Å²) in [5.74, 6) is -0.865. The van der Waals surface area contributed by atoms with Gasteiger partial charge in [-0.3, -0.25) is 9.59 Å². The van der Waals surface area contributed by atoms with Crippen LogP contribution in [0.4, 0.5) is 10.5 Å². The summed E-state index contributed by atoms with van der Waals surface area (Å²) in [4.78, 5) is 35.2. The summed E-state index contributed by atoms with van der Waals surface area (Å²) in [6.45, 7) is 9.55. The summed E-state index contributed by atoms with van der Waals surface area (Å²) in [7, 11) is 0. The van der Waals surface area contributed by atoms with Gasteiger partial charge in [0.1, 0.15) is 6.10 Å². The van der Waals surface area contributed by atoms with Gasteiger partial charge in [0, 0.05) is 36.9 Å². The SMILES string of the molecule is CC(C)=CCC1O[C@]1(C)[C@H]1[C@H](C)[C@H](OC(=O)NCc2ccc(NC(=O)CCCC(=O)O)cc2)CC[C@]12CO2. The van der Waals surface area contributed by atoms with Crippen LogP contribution >= 0.6 is 0 Å². The second-order valence-electron chi connectivity index (χ2n) is 11.3. The Morgan fingerprint density at radius 2 is 1.89 bits per heavy atom. The number of nitrogens with one attached hydrogen (secondary N) is 2. The van der Waals surface area contributed by atoms with Crippen molar-refractivity contribution in [3.8, 4) is 0 Å². The third-order valence-corrected chi connectivity index (χ3v) is 8.11. The van der Waals surface area contributed by atoms with E-state index >= 15 is 0 Å². The maximum Gasteiger partial charge on any atom is 0.407 e. The molecular weight excluding hydrogens is 488 g/mol. The Kier molecular flexibility index (Phi) is 8.47. The summed E-state index contributed by atoms with van der Waals surface area (Å²) >= 11 is 0. The summed E-state index contributed by atoms with van der Waals surface area (Å²) in [6.07, 6.45) is 4.64. The molecule has 3 aliphatic rings. The minimum atomic E-state index is -0.915. The third kappa shape index (κ3) is 6.74. The average Bonchev–Trinajstić information content (AvgIpc) is 3.76. The molecule has 1 spiro atoms. The van der Waals surface area contributed by atoms with E-state index in [1.165, 1.54) is 5.57 Å². The van der Waals surface area contributed by atoms with Gasteiger partial charge in [-0.15, -0.1) is 0 Å². The molecule has 2 aliphatic heterocycles. The van der Waals surface area contributed by atoms with Gasteiger partial charge in [-0.2, -0.15) is 0 Å². The highest BCUT2D eigenvalue weighted by Gasteiger charge is 2.70. The highest BCUT2D eigenvalue weighted by molar-refractivity contribution is 5.90. The first-order chi connectivity index (χ1) is 18.0. The fourth-order valence-corrected chi connectivity index (χ4v) is 5.98. The number of ether oxygens (including phenoxy) is 3. The van der Waals surface area contributed by atoms with E-state index in [9.17, 15) is 14.4 Å². The lowest BCUT2D eigenvalue weighted by Crippen LogP contribution is -2.51. The first-order valence-corrected chi connectivity index (χ1v) is 13.5. The normalized spacial score (nSPS) is 31.3. The Bertz CT molecular complexity index is 1060. The number of alkyl carbamates (subject to hydrolysis) is 1. The molecule has 6 atom stereocenters. The number of allylic oxidation sites excluding steroid dienone is 1. The molecule has 38 heavy (non-hydrogen) atoms. The lowest BCUT2D eigenvalue weighted by atomic mass is 9.64. The molecule has 9 heteroatoms. The Morgan fingerprint density at radius 1 is 1.18 bits per heavy atom. The lowest BCUT2D eigenvalue weighted by molar-refractivity contribution is -0.137. The summed E-state index contributed by atoms with van der Waals surface area (Å²) < 4.78 is 18.1. The number of rotatable bonds is 11. The van der Waals surface area contributed by atoms with Crippen LogP contribution in [0.3, 0.4) is 0 Å². The molecular formula is C29H40N2O7. The van der Waals surface area contributed by atoms with Gasteiger partial charge < -0.3 is 30.0 Å². The van der Waals surface area contributed by atoms with Crippen LogP contribution in [0.25, 0.3) is 0 Å². The highest BCUT2D eigenvalue weighted by atomic mass is 16.6. The number of aliphatic carboxylic acids is 1. The zero-order valence-electron chi connectivity index (χ0n) is 22.7. The van der Waals surface area contributed by atoms with E-state index in [1.807, 2.05) is 12.1 Å².